The van der Waals surface area contributed by atoms with E-state index in [1.165, 1.54) is 51.4 Å². The molecule has 4 unspecified atom stereocenters. The lowest BCUT2D eigenvalue weighted by Crippen LogP contribution is -2.32. The Hall–Kier alpha value is -0.0400. The zero-order valence-electron chi connectivity index (χ0n) is 13.8. The Morgan fingerprint density at radius 3 is 2.15 bits per heavy atom. The van der Waals surface area contributed by atoms with Gasteiger partial charge in [0.2, 0.25) is 0 Å². The van der Waals surface area contributed by atoms with Crippen LogP contribution in [0.15, 0.2) is 0 Å². The van der Waals surface area contributed by atoms with Crippen LogP contribution < -0.4 is 0 Å². The maximum absolute atomic E-state index is 10.7. The Morgan fingerprint density at radius 1 is 0.950 bits per heavy atom. The molecule has 0 saturated heterocycles. The number of aliphatic hydroxyl groups is 1. The molecule has 0 spiro atoms. The Labute approximate surface area is 125 Å². The maximum atomic E-state index is 10.7. The Kier molecular flexibility index (Phi) is 4.19. The fraction of sp³-hybridized carbons (Fsp3) is 1.00. The molecule has 0 aromatic heterocycles. The summed E-state index contributed by atoms with van der Waals surface area (Å²) in [6, 6.07) is 0. The van der Waals surface area contributed by atoms with Crippen LogP contribution in [0.25, 0.3) is 0 Å². The highest BCUT2D eigenvalue weighted by Gasteiger charge is 2.41. The van der Waals surface area contributed by atoms with Crippen LogP contribution in [0, 0.1) is 35.0 Å². The first-order valence-corrected chi connectivity index (χ1v) is 9.11. The molecule has 1 N–H and O–H groups in total. The van der Waals surface area contributed by atoms with Gasteiger partial charge in [0.1, 0.15) is 0 Å². The smallest absolute Gasteiger partial charge is 0.0571 e. The van der Waals surface area contributed by atoms with Crippen LogP contribution in [0.4, 0.5) is 0 Å². The Balaban J connectivity index is 1.46. The van der Waals surface area contributed by atoms with Gasteiger partial charge in [0.15, 0.2) is 0 Å². The predicted octanol–water partition coefficient (Wildman–Crippen LogP) is 5.03. The van der Waals surface area contributed by atoms with Crippen molar-refractivity contribution >= 4 is 0 Å². The van der Waals surface area contributed by atoms with Crippen molar-refractivity contribution in [3.63, 3.8) is 0 Å². The minimum absolute atomic E-state index is 0.000248. The van der Waals surface area contributed by atoms with Gasteiger partial charge in [-0.2, -0.15) is 0 Å². The monoisotopic (exact) mass is 278 g/mol. The maximum Gasteiger partial charge on any atom is 0.0571 e. The van der Waals surface area contributed by atoms with Crippen LogP contribution in [0.3, 0.4) is 0 Å². The fourth-order valence-corrected chi connectivity index (χ4v) is 5.54. The van der Waals surface area contributed by atoms with Gasteiger partial charge in [0.25, 0.3) is 0 Å². The molecule has 0 aliphatic heterocycles. The van der Waals surface area contributed by atoms with Crippen molar-refractivity contribution < 1.29 is 5.11 Å². The zero-order valence-corrected chi connectivity index (χ0v) is 13.8. The van der Waals surface area contributed by atoms with Gasteiger partial charge in [-0.25, -0.2) is 0 Å². The average molecular weight is 278 g/mol. The zero-order chi connectivity index (χ0) is 14.3. The first kappa shape index (κ1) is 14.9. The normalized spacial score (nSPS) is 42.9. The van der Waals surface area contributed by atoms with Crippen molar-refractivity contribution in [2.24, 2.45) is 35.0 Å². The Morgan fingerprint density at radius 2 is 1.65 bits per heavy atom. The van der Waals surface area contributed by atoms with Gasteiger partial charge in [-0.05, 0) is 86.4 Å². The number of hydrogen-bond acceptors (Lipinski definition) is 1. The van der Waals surface area contributed by atoms with Gasteiger partial charge in [-0.15, -0.1) is 0 Å². The van der Waals surface area contributed by atoms with Gasteiger partial charge in [-0.1, -0.05) is 27.2 Å². The molecular formula is C19H34O. The van der Waals surface area contributed by atoms with Crippen molar-refractivity contribution in [3.05, 3.63) is 0 Å². The minimum Gasteiger partial charge on any atom is -0.393 e. The molecule has 0 aromatic carbocycles. The number of rotatable bonds is 3. The van der Waals surface area contributed by atoms with E-state index in [1.807, 2.05) is 0 Å². The number of aliphatic hydroxyl groups excluding tert-OH is 1. The molecule has 0 amide bonds. The molecule has 3 rings (SSSR count). The van der Waals surface area contributed by atoms with Crippen molar-refractivity contribution in [1.29, 1.82) is 0 Å². The summed E-state index contributed by atoms with van der Waals surface area (Å²) in [6.45, 7) is 7.14. The van der Waals surface area contributed by atoms with E-state index in [0.29, 0.717) is 11.3 Å². The lowest BCUT2D eigenvalue weighted by atomic mass is 9.68. The van der Waals surface area contributed by atoms with Gasteiger partial charge in [-0.3, -0.25) is 0 Å². The highest BCUT2D eigenvalue weighted by atomic mass is 16.3. The summed E-state index contributed by atoms with van der Waals surface area (Å²) in [6.07, 6.45) is 12.2. The summed E-state index contributed by atoms with van der Waals surface area (Å²) in [5, 5.41) is 10.7. The Bertz CT molecular complexity index is 321. The summed E-state index contributed by atoms with van der Waals surface area (Å²) >= 11 is 0. The molecule has 3 saturated carbocycles. The summed E-state index contributed by atoms with van der Waals surface area (Å²) in [5.41, 5.74) is 0.459. The van der Waals surface area contributed by atoms with E-state index in [4.69, 9.17) is 0 Å². The second-order valence-corrected chi connectivity index (χ2v) is 9.22. The largest absolute Gasteiger partial charge is 0.393 e. The summed E-state index contributed by atoms with van der Waals surface area (Å²) in [7, 11) is 0. The number of fused-ring (bicyclic) bond motifs is 2. The van der Waals surface area contributed by atoms with Gasteiger partial charge < -0.3 is 5.11 Å². The SMILES string of the molecule is CC(C)(C)C1CCC(C(O)CC2CC3CCC2C3)CC1. The summed E-state index contributed by atoms with van der Waals surface area (Å²) in [5.74, 6) is 4.33. The van der Waals surface area contributed by atoms with Crippen molar-refractivity contribution in [3.8, 4) is 0 Å². The number of hydrogen-bond donors (Lipinski definition) is 1. The van der Waals surface area contributed by atoms with E-state index in [9.17, 15) is 5.11 Å². The molecule has 0 heterocycles. The van der Waals surface area contributed by atoms with Crippen LogP contribution >= 0.6 is 0 Å². The third kappa shape index (κ3) is 3.08. The van der Waals surface area contributed by atoms with Crippen LogP contribution in [0.1, 0.15) is 78.6 Å². The first-order valence-electron chi connectivity index (χ1n) is 9.11. The molecule has 0 radical (unpaired) electrons. The van der Waals surface area contributed by atoms with Gasteiger partial charge in [0.05, 0.1) is 6.10 Å². The molecule has 2 bridgehead atoms. The van der Waals surface area contributed by atoms with Crippen LogP contribution in [-0.4, -0.2) is 11.2 Å². The second kappa shape index (κ2) is 5.63. The van der Waals surface area contributed by atoms with Crippen molar-refractivity contribution in [1.82, 2.24) is 0 Å². The minimum atomic E-state index is 0.000248. The van der Waals surface area contributed by atoms with E-state index >= 15 is 0 Å². The molecule has 3 aliphatic rings. The highest BCUT2D eigenvalue weighted by Crippen LogP contribution is 2.51. The molecular weight excluding hydrogens is 244 g/mol. The average Bonchev–Trinajstić information content (AvgIpc) is 3.00. The molecule has 3 aliphatic carbocycles. The van der Waals surface area contributed by atoms with E-state index in [-0.39, 0.29) is 6.10 Å². The van der Waals surface area contributed by atoms with E-state index < -0.39 is 0 Å². The summed E-state index contributed by atoms with van der Waals surface area (Å²) in [4.78, 5) is 0. The highest BCUT2D eigenvalue weighted by molar-refractivity contribution is 4.92. The first-order chi connectivity index (χ1) is 9.43. The molecule has 1 heteroatoms. The van der Waals surface area contributed by atoms with Crippen molar-refractivity contribution in [2.75, 3.05) is 0 Å². The topological polar surface area (TPSA) is 20.2 Å². The molecule has 0 aromatic rings. The standard InChI is InChI=1S/C19H34O/c1-19(2,3)17-8-6-14(7-9-17)18(20)12-16-11-13-4-5-15(16)10-13/h13-18,20H,4-12H2,1-3H3. The molecule has 1 nitrogen and oxygen atoms in total. The third-order valence-corrected chi connectivity index (χ3v) is 6.97. The fourth-order valence-electron chi connectivity index (χ4n) is 5.54. The van der Waals surface area contributed by atoms with E-state index in [1.54, 1.807) is 0 Å². The van der Waals surface area contributed by atoms with E-state index in [0.717, 1.165) is 30.1 Å². The molecule has 4 atom stereocenters. The molecule has 116 valence electrons. The van der Waals surface area contributed by atoms with Crippen LogP contribution in [0.2, 0.25) is 0 Å². The predicted molar refractivity (Wildman–Crippen MR) is 84.5 cm³/mol. The van der Waals surface area contributed by atoms with Crippen LogP contribution in [-0.2, 0) is 0 Å². The quantitative estimate of drug-likeness (QED) is 0.768. The summed E-state index contributed by atoms with van der Waals surface area (Å²) < 4.78 is 0. The van der Waals surface area contributed by atoms with Crippen LogP contribution in [0.5, 0.6) is 0 Å². The van der Waals surface area contributed by atoms with Gasteiger partial charge in [0, 0.05) is 0 Å². The molecule has 20 heavy (non-hydrogen) atoms. The third-order valence-electron chi connectivity index (χ3n) is 6.97. The lowest BCUT2D eigenvalue weighted by Gasteiger charge is -2.39. The second-order valence-electron chi connectivity index (χ2n) is 9.22. The lowest BCUT2D eigenvalue weighted by molar-refractivity contribution is 0.0313. The van der Waals surface area contributed by atoms with E-state index in [2.05, 4.69) is 20.8 Å². The van der Waals surface area contributed by atoms with Crippen molar-refractivity contribution in [2.45, 2.75) is 84.7 Å². The van der Waals surface area contributed by atoms with Gasteiger partial charge >= 0.3 is 0 Å². The molecule has 3 fully saturated rings.